The Kier molecular flexibility index (Phi) is 16.5. The van der Waals surface area contributed by atoms with Crippen molar-refractivity contribution in [3.8, 4) is 57.4 Å². The maximum absolute atomic E-state index is 11.6. The number of carbonyl (C=O) groups excluding carboxylic acids is 2. The molecule has 0 fully saturated rings. The van der Waals surface area contributed by atoms with Crippen LogP contribution in [0.25, 0.3) is 67.5 Å². The van der Waals surface area contributed by atoms with Crippen LogP contribution in [0.5, 0.6) is 11.8 Å². The number of fused-ring (bicyclic) bond motifs is 2. The van der Waals surface area contributed by atoms with Crippen molar-refractivity contribution in [1.82, 2.24) is 49.8 Å². The second-order valence-electron chi connectivity index (χ2n) is 15.6. The number of aryl methyl sites for hydroxylation is 2. The third kappa shape index (κ3) is 12.4. The minimum Gasteiger partial charge on any atom is -0.474 e. The number of rotatable bonds is 18. The van der Waals surface area contributed by atoms with Crippen LogP contribution in [0, 0.1) is 0 Å². The first-order valence-corrected chi connectivity index (χ1v) is 23.2. The molecule has 0 aliphatic heterocycles. The van der Waals surface area contributed by atoms with E-state index in [1.165, 1.54) is 0 Å². The van der Waals surface area contributed by atoms with Crippen LogP contribution in [0.4, 0.5) is 0 Å². The summed E-state index contributed by atoms with van der Waals surface area (Å²) in [4.78, 5) is 40.5. The molecule has 68 heavy (non-hydrogen) atoms. The van der Waals surface area contributed by atoms with Crippen LogP contribution in [0.3, 0.4) is 0 Å². The number of benzene rings is 2. The van der Waals surface area contributed by atoms with E-state index in [4.69, 9.17) is 74.4 Å². The van der Waals surface area contributed by atoms with Crippen molar-refractivity contribution >= 4 is 80.1 Å². The molecule has 0 unspecified atom stereocenters. The average Bonchev–Trinajstić information content (AvgIpc) is 4.12. The van der Waals surface area contributed by atoms with Crippen molar-refractivity contribution in [3.05, 3.63) is 81.3 Å². The maximum Gasteiger partial charge on any atom is 0.305 e. The smallest absolute Gasteiger partial charge is 0.305 e. The summed E-state index contributed by atoms with van der Waals surface area (Å²) in [5.41, 5.74) is 3.91. The third-order valence-electron chi connectivity index (χ3n) is 9.64. The predicted molar refractivity (Wildman–Crippen MR) is 256 cm³/mol. The summed E-state index contributed by atoms with van der Waals surface area (Å²) in [6.07, 6.45) is 8.55. The highest BCUT2D eigenvalue weighted by atomic mass is 35.5. The number of carbonyl (C=O) groups is 2. The highest BCUT2D eigenvalue weighted by Crippen LogP contribution is 2.35. The molecule has 22 heteroatoms. The van der Waals surface area contributed by atoms with Crippen LogP contribution in [0.1, 0.15) is 67.2 Å². The van der Waals surface area contributed by atoms with E-state index in [2.05, 4.69) is 40.4 Å². The molecule has 0 bridgehead atoms. The highest BCUT2D eigenvalue weighted by Gasteiger charge is 2.20. The molecule has 0 saturated heterocycles. The van der Waals surface area contributed by atoms with Crippen molar-refractivity contribution in [2.24, 2.45) is 0 Å². The minimum atomic E-state index is -0.217. The Labute approximate surface area is 410 Å². The molecular formula is C46H46Cl4N10O8. The van der Waals surface area contributed by atoms with Crippen LogP contribution in [-0.4, -0.2) is 87.2 Å². The summed E-state index contributed by atoms with van der Waals surface area (Å²) < 4.78 is 35.5. The Hall–Kier alpha value is -6.34. The number of ether oxygens (including phenoxy) is 4. The van der Waals surface area contributed by atoms with E-state index in [1.54, 1.807) is 66.1 Å². The van der Waals surface area contributed by atoms with Gasteiger partial charge in [0.2, 0.25) is 23.4 Å². The van der Waals surface area contributed by atoms with Gasteiger partial charge in [-0.1, -0.05) is 56.7 Å². The standard InChI is InChI=1S/2C23H23Cl2N5O4/c1-4-32-20(31)6-5-7-30-12-15-8-16(17(24)10-19(15)28-30)21-27-22(34-29-21)14-9-18(25)23(26-11-14)33-13(2)3;1-4-32-20(31)6-5-7-30-19-10-17(24)16(8-14(19)12-27-30)21-28-22(34-29-21)15-9-18(25)23(26-11-15)33-13(2)3/h2*8-13H,4-7H2,1-3H3. The van der Waals surface area contributed by atoms with Gasteiger partial charge in [0.05, 0.1) is 63.8 Å². The first-order valence-electron chi connectivity index (χ1n) is 21.7. The monoisotopic (exact) mass is 1010 g/mol. The second-order valence-corrected chi connectivity index (χ2v) is 17.2. The topological polar surface area (TPSA) is 210 Å². The van der Waals surface area contributed by atoms with Crippen molar-refractivity contribution in [2.45, 2.75) is 92.5 Å². The first kappa shape index (κ1) is 49.6. The molecule has 356 valence electrons. The SMILES string of the molecule is CCOC(=O)CCCn1cc2cc(-c3noc(-c4cnc(OC(C)C)c(Cl)c4)n3)c(Cl)cc2n1.CCOC(=O)CCCn1ncc2cc(-c3noc(-c4cnc(OC(C)C)c(Cl)c4)n3)c(Cl)cc21. The van der Waals surface area contributed by atoms with Gasteiger partial charge >= 0.3 is 11.9 Å². The molecule has 0 atom stereocenters. The molecular weight excluding hydrogens is 962 g/mol. The predicted octanol–water partition coefficient (Wildman–Crippen LogP) is 11.2. The van der Waals surface area contributed by atoms with Gasteiger partial charge in [-0.2, -0.15) is 20.2 Å². The van der Waals surface area contributed by atoms with Gasteiger partial charge in [0.1, 0.15) is 10.0 Å². The van der Waals surface area contributed by atoms with Crippen molar-refractivity contribution < 1.29 is 37.6 Å². The fourth-order valence-corrected chi connectivity index (χ4v) is 7.57. The van der Waals surface area contributed by atoms with Gasteiger partial charge in [0.25, 0.3) is 11.8 Å². The van der Waals surface area contributed by atoms with Gasteiger partial charge in [0, 0.05) is 66.4 Å². The molecule has 8 aromatic rings. The van der Waals surface area contributed by atoms with Crippen LogP contribution in [0.2, 0.25) is 20.1 Å². The zero-order valence-electron chi connectivity index (χ0n) is 37.8. The molecule has 0 radical (unpaired) electrons. The molecule has 2 aromatic carbocycles. The van der Waals surface area contributed by atoms with E-state index in [-0.39, 0.29) is 35.9 Å². The number of hydrogen-bond acceptors (Lipinski definition) is 16. The normalized spacial score (nSPS) is 11.4. The molecule has 0 spiro atoms. The number of hydrogen-bond donors (Lipinski definition) is 0. The molecule has 8 rings (SSSR count). The number of nitrogens with zero attached hydrogens (tertiary/aromatic N) is 10. The van der Waals surface area contributed by atoms with Crippen LogP contribution < -0.4 is 9.47 Å². The Morgan fingerprint density at radius 3 is 1.68 bits per heavy atom. The van der Waals surface area contributed by atoms with E-state index in [0.29, 0.717) is 118 Å². The zero-order valence-corrected chi connectivity index (χ0v) is 40.9. The van der Waals surface area contributed by atoms with Gasteiger partial charge in [0.15, 0.2) is 0 Å². The fraction of sp³-hybridized carbons (Fsp3) is 0.348. The molecule has 0 amide bonds. The molecule has 6 aromatic heterocycles. The van der Waals surface area contributed by atoms with Crippen LogP contribution in [0.15, 0.2) is 70.2 Å². The van der Waals surface area contributed by atoms with E-state index in [0.717, 1.165) is 21.8 Å². The Morgan fingerprint density at radius 2 is 1.16 bits per heavy atom. The summed E-state index contributed by atoms with van der Waals surface area (Å²) >= 11 is 25.6. The third-order valence-corrected chi connectivity index (χ3v) is 10.8. The van der Waals surface area contributed by atoms with Gasteiger partial charge in [-0.25, -0.2) is 9.97 Å². The van der Waals surface area contributed by atoms with Gasteiger partial charge < -0.3 is 28.0 Å². The van der Waals surface area contributed by atoms with Crippen molar-refractivity contribution in [2.75, 3.05) is 13.2 Å². The molecule has 18 nitrogen and oxygen atoms in total. The lowest BCUT2D eigenvalue weighted by Crippen LogP contribution is -2.07. The summed E-state index contributed by atoms with van der Waals surface area (Å²) in [6.45, 7) is 13.0. The molecule has 6 heterocycles. The fourth-order valence-electron chi connectivity index (χ4n) is 6.66. The lowest BCUT2D eigenvalue weighted by Gasteiger charge is -2.09. The van der Waals surface area contributed by atoms with Crippen LogP contribution >= 0.6 is 46.4 Å². The van der Waals surface area contributed by atoms with Crippen molar-refractivity contribution in [3.63, 3.8) is 0 Å². The van der Waals surface area contributed by atoms with Crippen LogP contribution in [-0.2, 0) is 32.2 Å². The molecule has 0 N–H and O–H groups in total. The number of halogens is 4. The van der Waals surface area contributed by atoms with Crippen molar-refractivity contribution in [1.29, 1.82) is 0 Å². The van der Waals surface area contributed by atoms with Gasteiger partial charge in [-0.05, 0) is 90.8 Å². The van der Waals surface area contributed by atoms with Gasteiger partial charge in [-0.15, -0.1) is 0 Å². The summed E-state index contributed by atoms with van der Waals surface area (Å²) in [5.74, 6) is 1.42. The van der Waals surface area contributed by atoms with Gasteiger partial charge in [-0.3, -0.25) is 19.0 Å². The largest absolute Gasteiger partial charge is 0.474 e. The Balaban J connectivity index is 0.000000201. The zero-order chi connectivity index (χ0) is 48.5. The lowest BCUT2D eigenvalue weighted by atomic mass is 10.1. The summed E-state index contributed by atoms with van der Waals surface area (Å²) in [5, 5.41) is 20.4. The quantitative estimate of drug-likeness (QED) is 0.0732. The van der Waals surface area contributed by atoms with E-state index >= 15 is 0 Å². The van der Waals surface area contributed by atoms with E-state index in [1.807, 2.05) is 46.0 Å². The lowest BCUT2D eigenvalue weighted by molar-refractivity contribution is -0.144. The summed E-state index contributed by atoms with van der Waals surface area (Å²) in [7, 11) is 0. The number of esters is 2. The molecule has 0 aliphatic rings. The second kappa shape index (κ2) is 22.6. The van der Waals surface area contributed by atoms with E-state index in [9.17, 15) is 9.59 Å². The first-order chi connectivity index (χ1) is 32.7. The Bertz CT molecular complexity index is 2940. The summed E-state index contributed by atoms with van der Waals surface area (Å²) in [6, 6.07) is 10.6. The number of aromatic nitrogens is 10. The molecule has 0 saturated carbocycles. The minimum absolute atomic E-state index is 0.0511. The average molecular weight is 1010 g/mol. The number of pyridine rings is 2. The van der Waals surface area contributed by atoms with E-state index < -0.39 is 0 Å². The Morgan fingerprint density at radius 1 is 0.647 bits per heavy atom. The maximum atomic E-state index is 11.6. The highest BCUT2D eigenvalue weighted by molar-refractivity contribution is 6.34. The molecule has 0 aliphatic carbocycles.